The fourth-order valence-corrected chi connectivity index (χ4v) is 1.60. The molecule has 4 nitrogen and oxygen atoms in total. The van der Waals surface area contributed by atoms with Crippen LogP contribution in [-0.2, 0) is 5.41 Å². The molecule has 0 unspecified atom stereocenters. The van der Waals surface area contributed by atoms with Crippen LogP contribution in [0.5, 0.6) is 5.75 Å². The number of hydrogen-bond acceptors (Lipinski definition) is 3. The first kappa shape index (κ1) is 14.1. The molecule has 0 saturated heterocycles. The van der Waals surface area contributed by atoms with Gasteiger partial charge in [-0.15, -0.1) is 0 Å². The van der Waals surface area contributed by atoms with Gasteiger partial charge in [-0.05, 0) is 24.5 Å². The van der Waals surface area contributed by atoms with Gasteiger partial charge in [0.25, 0.3) is 5.91 Å². The van der Waals surface area contributed by atoms with E-state index >= 15 is 0 Å². The fraction of sp³-hybridized carbons (Fsp3) is 0.357. The lowest BCUT2D eigenvalue weighted by Crippen LogP contribution is -2.27. The molecule has 1 rings (SSSR count). The molecule has 0 aliphatic heterocycles. The Balaban J connectivity index is 3.16. The number of rotatable bonds is 2. The van der Waals surface area contributed by atoms with Gasteiger partial charge in [0.2, 0.25) is 0 Å². The largest absolute Gasteiger partial charge is 0.507 e. The number of phenols is 1. The Hall–Kier alpha value is -1.97. The number of para-hydroxylation sites is 1. The molecule has 1 aromatic carbocycles. The van der Waals surface area contributed by atoms with Gasteiger partial charge in [-0.25, -0.2) is 0 Å². The predicted molar refractivity (Wildman–Crippen MR) is 72.2 cm³/mol. The summed E-state index contributed by atoms with van der Waals surface area (Å²) in [7, 11) is 0. The summed E-state index contributed by atoms with van der Waals surface area (Å²) in [6.07, 6.45) is 1.59. The number of nitrogens with two attached hydrogens (primary N) is 1. The molecule has 0 saturated carbocycles. The molecule has 0 aliphatic carbocycles. The number of benzene rings is 1. The summed E-state index contributed by atoms with van der Waals surface area (Å²) < 4.78 is 0. The highest BCUT2D eigenvalue weighted by Gasteiger charge is 2.22. The highest BCUT2D eigenvalue weighted by Crippen LogP contribution is 2.32. The van der Waals surface area contributed by atoms with Gasteiger partial charge in [-0.1, -0.05) is 32.9 Å². The van der Waals surface area contributed by atoms with E-state index < -0.39 is 5.91 Å². The molecule has 4 N–H and O–H groups in total. The molecule has 0 aromatic heterocycles. The monoisotopic (exact) mass is 248 g/mol. The molecule has 1 amide bonds. The number of allylic oxidation sites excluding steroid dienone is 1. The predicted octanol–water partition coefficient (Wildman–Crippen LogP) is 2.24. The number of amides is 1. The van der Waals surface area contributed by atoms with E-state index in [2.05, 4.69) is 5.32 Å². The van der Waals surface area contributed by atoms with Crippen LogP contribution in [0.15, 0.2) is 30.1 Å². The van der Waals surface area contributed by atoms with Crippen LogP contribution in [0, 0.1) is 0 Å². The lowest BCUT2D eigenvalue weighted by Gasteiger charge is -2.21. The molecule has 4 heteroatoms. The first-order valence-corrected chi connectivity index (χ1v) is 5.83. The topological polar surface area (TPSA) is 75.3 Å². The van der Waals surface area contributed by atoms with Crippen molar-refractivity contribution < 1.29 is 9.90 Å². The summed E-state index contributed by atoms with van der Waals surface area (Å²) in [5.41, 5.74) is 6.26. The Labute approximate surface area is 108 Å². The molecule has 0 fully saturated rings. The highest BCUT2D eigenvalue weighted by atomic mass is 16.3. The van der Waals surface area contributed by atoms with E-state index in [1.165, 1.54) is 0 Å². The minimum Gasteiger partial charge on any atom is -0.507 e. The highest BCUT2D eigenvalue weighted by molar-refractivity contribution is 5.98. The third-order valence-corrected chi connectivity index (χ3v) is 2.66. The number of carbonyl (C=O) groups excluding carboxylic acids is 1. The second-order valence-corrected chi connectivity index (χ2v) is 5.15. The third-order valence-electron chi connectivity index (χ3n) is 2.66. The molecule has 0 spiro atoms. The lowest BCUT2D eigenvalue weighted by atomic mass is 9.85. The van der Waals surface area contributed by atoms with Crippen molar-refractivity contribution in [3.63, 3.8) is 0 Å². The molecule has 18 heavy (non-hydrogen) atoms. The van der Waals surface area contributed by atoms with Gasteiger partial charge < -0.3 is 16.2 Å². The average molecular weight is 248 g/mol. The standard InChI is InChI=1S/C14H20N2O2/c1-5-11(15)16-13(18)9-7-6-8-10(12(9)17)14(2,3)4/h5-8,17H,15H2,1-4H3,(H,16,18). The van der Waals surface area contributed by atoms with E-state index in [4.69, 9.17) is 5.73 Å². The first-order chi connectivity index (χ1) is 8.27. The Morgan fingerprint density at radius 1 is 1.39 bits per heavy atom. The van der Waals surface area contributed by atoms with Crippen molar-refractivity contribution in [1.29, 1.82) is 0 Å². The maximum absolute atomic E-state index is 11.9. The number of aromatic hydroxyl groups is 1. The molecule has 0 atom stereocenters. The SMILES string of the molecule is CC=C(N)NC(=O)c1cccc(C(C)(C)C)c1O. The molecule has 1 aromatic rings. The van der Waals surface area contributed by atoms with E-state index in [0.717, 1.165) is 5.56 Å². The van der Waals surface area contributed by atoms with E-state index in [1.807, 2.05) is 26.8 Å². The van der Waals surface area contributed by atoms with Crippen molar-refractivity contribution in [3.05, 3.63) is 41.2 Å². The smallest absolute Gasteiger partial charge is 0.260 e. The number of nitrogens with one attached hydrogen (secondary N) is 1. The van der Waals surface area contributed by atoms with E-state index in [0.29, 0.717) is 0 Å². The van der Waals surface area contributed by atoms with Gasteiger partial charge in [0.05, 0.1) is 11.4 Å². The van der Waals surface area contributed by atoms with E-state index in [1.54, 1.807) is 25.1 Å². The van der Waals surface area contributed by atoms with Gasteiger partial charge >= 0.3 is 0 Å². The van der Waals surface area contributed by atoms with Crippen LogP contribution in [0.3, 0.4) is 0 Å². The van der Waals surface area contributed by atoms with Gasteiger partial charge in [0.15, 0.2) is 0 Å². The van der Waals surface area contributed by atoms with Crippen molar-refractivity contribution in [1.82, 2.24) is 5.32 Å². The molecule has 98 valence electrons. The minimum atomic E-state index is -0.408. The van der Waals surface area contributed by atoms with Crippen LogP contribution in [0.1, 0.15) is 43.6 Å². The quantitative estimate of drug-likeness (QED) is 0.751. The summed E-state index contributed by atoms with van der Waals surface area (Å²) in [6, 6.07) is 5.13. The normalized spacial score (nSPS) is 12.3. The summed E-state index contributed by atoms with van der Waals surface area (Å²) in [5.74, 6) is -0.138. The zero-order chi connectivity index (χ0) is 13.9. The van der Waals surface area contributed by atoms with Crippen molar-refractivity contribution in [3.8, 4) is 5.75 Å². The molecule has 0 bridgehead atoms. The molecule has 0 heterocycles. The molecular weight excluding hydrogens is 228 g/mol. The fourth-order valence-electron chi connectivity index (χ4n) is 1.60. The summed E-state index contributed by atoms with van der Waals surface area (Å²) in [5, 5.41) is 12.7. The van der Waals surface area contributed by atoms with Crippen molar-refractivity contribution >= 4 is 5.91 Å². The Bertz CT molecular complexity index is 485. The van der Waals surface area contributed by atoms with Crippen LogP contribution in [0.4, 0.5) is 0 Å². The Kier molecular flexibility index (Phi) is 4.01. The van der Waals surface area contributed by atoms with Crippen molar-refractivity contribution in [2.45, 2.75) is 33.1 Å². The zero-order valence-corrected chi connectivity index (χ0v) is 11.2. The van der Waals surface area contributed by atoms with Crippen LogP contribution in [0.25, 0.3) is 0 Å². The maximum atomic E-state index is 11.9. The van der Waals surface area contributed by atoms with Crippen molar-refractivity contribution in [2.24, 2.45) is 5.73 Å². The first-order valence-electron chi connectivity index (χ1n) is 5.83. The van der Waals surface area contributed by atoms with Gasteiger partial charge in [0.1, 0.15) is 5.75 Å². The molecule has 0 aliphatic rings. The Morgan fingerprint density at radius 2 is 2.00 bits per heavy atom. The maximum Gasteiger partial charge on any atom is 0.260 e. The summed E-state index contributed by atoms with van der Waals surface area (Å²) in [6.45, 7) is 7.65. The van der Waals surface area contributed by atoms with Crippen LogP contribution >= 0.6 is 0 Å². The zero-order valence-electron chi connectivity index (χ0n) is 11.2. The third kappa shape index (κ3) is 3.03. The minimum absolute atomic E-state index is 0.00593. The molecule has 0 radical (unpaired) electrons. The second kappa shape index (κ2) is 5.12. The average Bonchev–Trinajstić information content (AvgIpc) is 2.27. The van der Waals surface area contributed by atoms with Gasteiger partial charge in [-0.2, -0.15) is 0 Å². The van der Waals surface area contributed by atoms with Crippen LogP contribution in [0.2, 0.25) is 0 Å². The van der Waals surface area contributed by atoms with E-state index in [-0.39, 0.29) is 22.5 Å². The lowest BCUT2D eigenvalue weighted by molar-refractivity contribution is 0.0962. The van der Waals surface area contributed by atoms with Crippen LogP contribution < -0.4 is 11.1 Å². The molecular formula is C14H20N2O2. The van der Waals surface area contributed by atoms with E-state index in [9.17, 15) is 9.90 Å². The summed E-state index contributed by atoms with van der Waals surface area (Å²) >= 11 is 0. The summed E-state index contributed by atoms with van der Waals surface area (Å²) in [4.78, 5) is 11.9. The number of phenolic OH excluding ortho intramolecular Hbond substituents is 1. The van der Waals surface area contributed by atoms with Crippen molar-refractivity contribution in [2.75, 3.05) is 0 Å². The number of carbonyl (C=O) groups is 1. The number of hydrogen-bond donors (Lipinski definition) is 3. The van der Waals surface area contributed by atoms with Crippen LogP contribution in [-0.4, -0.2) is 11.0 Å². The van der Waals surface area contributed by atoms with Gasteiger partial charge in [0, 0.05) is 5.56 Å². The second-order valence-electron chi connectivity index (χ2n) is 5.15. The Morgan fingerprint density at radius 3 is 2.50 bits per heavy atom. The van der Waals surface area contributed by atoms with Gasteiger partial charge in [-0.3, -0.25) is 4.79 Å².